The summed E-state index contributed by atoms with van der Waals surface area (Å²) in [6.07, 6.45) is 8.99. The van der Waals surface area contributed by atoms with Crippen molar-refractivity contribution in [2.75, 3.05) is 13.1 Å². The van der Waals surface area contributed by atoms with E-state index < -0.39 is 0 Å². The molecule has 0 radical (unpaired) electrons. The van der Waals surface area contributed by atoms with E-state index >= 15 is 0 Å². The highest BCUT2D eigenvalue weighted by atomic mass is 14.9. The van der Waals surface area contributed by atoms with E-state index in [0.717, 1.165) is 30.9 Å². The zero-order valence-corrected chi connectivity index (χ0v) is 11.6. The number of nitrogens with one attached hydrogen (secondary N) is 2. The summed E-state index contributed by atoms with van der Waals surface area (Å²) in [6, 6.07) is 0. The summed E-state index contributed by atoms with van der Waals surface area (Å²) in [5.41, 5.74) is 3.71. The van der Waals surface area contributed by atoms with Gasteiger partial charge in [-0.2, -0.15) is 0 Å². The molecule has 18 heavy (non-hydrogen) atoms. The molecule has 1 aromatic heterocycles. The lowest BCUT2D eigenvalue weighted by atomic mass is 9.99. The Morgan fingerprint density at radius 3 is 2.72 bits per heavy atom. The minimum Gasteiger partial charge on any atom is -0.346 e. The molecule has 1 aromatic rings. The van der Waals surface area contributed by atoms with Gasteiger partial charge in [-0.1, -0.05) is 32.6 Å². The van der Waals surface area contributed by atoms with Crippen molar-refractivity contribution < 1.29 is 0 Å². The van der Waals surface area contributed by atoms with E-state index in [9.17, 15) is 0 Å². The van der Waals surface area contributed by atoms with E-state index in [4.69, 9.17) is 0 Å². The first-order chi connectivity index (χ1) is 8.86. The third-order valence-electron chi connectivity index (χ3n) is 2.77. The molecule has 1 aliphatic rings. The molecule has 0 aromatic carbocycles. The van der Waals surface area contributed by atoms with Crippen molar-refractivity contribution in [3.8, 4) is 0 Å². The monoisotopic (exact) mass is 245 g/mol. The number of rotatable bonds is 3. The van der Waals surface area contributed by atoms with Crippen LogP contribution in [0.3, 0.4) is 0 Å². The molecule has 0 saturated heterocycles. The number of aromatic amines is 1. The largest absolute Gasteiger partial charge is 0.346 e. The van der Waals surface area contributed by atoms with Gasteiger partial charge in [0.25, 0.3) is 0 Å². The fourth-order valence-corrected chi connectivity index (χ4v) is 2.00. The van der Waals surface area contributed by atoms with Crippen LogP contribution in [0, 0.1) is 0 Å². The average molecular weight is 245 g/mol. The third kappa shape index (κ3) is 3.20. The SMILES string of the molecule is C=Cc1c(C2=CCNCC2)c[nH]c1/N=C/C.CC. The lowest BCUT2D eigenvalue weighted by molar-refractivity contribution is 0.738. The van der Waals surface area contributed by atoms with Crippen molar-refractivity contribution in [2.24, 2.45) is 4.99 Å². The van der Waals surface area contributed by atoms with Crippen LogP contribution >= 0.6 is 0 Å². The van der Waals surface area contributed by atoms with Gasteiger partial charge in [0.05, 0.1) is 0 Å². The van der Waals surface area contributed by atoms with Crippen LogP contribution in [-0.4, -0.2) is 24.3 Å². The lowest BCUT2D eigenvalue weighted by Crippen LogP contribution is -2.20. The Hall–Kier alpha value is -1.61. The van der Waals surface area contributed by atoms with Gasteiger partial charge in [-0.15, -0.1) is 0 Å². The molecule has 2 heterocycles. The Kier molecular flexibility index (Phi) is 6.15. The second-order valence-electron chi connectivity index (χ2n) is 3.74. The van der Waals surface area contributed by atoms with E-state index in [1.54, 1.807) is 6.21 Å². The van der Waals surface area contributed by atoms with E-state index in [-0.39, 0.29) is 0 Å². The molecule has 3 nitrogen and oxygen atoms in total. The maximum absolute atomic E-state index is 4.30. The second-order valence-corrected chi connectivity index (χ2v) is 3.74. The highest BCUT2D eigenvalue weighted by Crippen LogP contribution is 2.30. The van der Waals surface area contributed by atoms with E-state index in [1.807, 2.05) is 33.0 Å². The molecule has 0 aliphatic carbocycles. The van der Waals surface area contributed by atoms with Crippen LogP contribution in [0.1, 0.15) is 38.3 Å². The van der Waals surface area contributed by atoms with Crippen LogP contribution in [0.25, 0.3) is 11.6 Å². The topological polar surface area (TPSA) is 40.2 Å². The first-order valence-electron chi connectivity index (χ1n) is 6.59. The molecule has 0 bridgehead atoms. The van der Waals surface area contributed by atoms with Crippen LogP contribution in [-0.2, 0) is 0 Å². The Bertz CT molecular complexity index is 439. The molecule has 0 saturated carbocycles. The predicted molar refractivity (Wildman–Crippen MR) is 81.5 cm³/mol. The summed E-state index contributed by atoms with van der Waals surface area (Å²) in [5.74, 6) is 0.895. The van der Waals surface area contributed by atoms with Gasteiger partial charge in [0.2, 0.25) is 0 Å². The van der Waals surface area contributed by atoms with Gasteiger partial charge in [0, 0.05) is 30.1 Å². The molecule has 2 N–H and O–H groups in total. The predicted octanol–water partition coefficient (Wildman–Crippen LogP) is 3.78. The first-order valence-corrected chi connectivity index (χ1v) is 6.59. The number of aromatic nitrogens is 1. The van der Waals surface area contributed by atoms with Crippen LogP contribution in [0.15, 0.2) is 23.8 Å². The van der Waals surface area contributed by atoms with Crippen molar-refractivity contribution in [3.05, 3.63) is 30.0 Å². The number of nitrogens with zero attached hydrogens (tertiary/aromatic N) is 1. The molecule has 0 spiro atoms. The summed E-state index contributed by atoms with van der Waals surface area (Å²) in [7, 11) is 0. The van der Waals surface area contributed by atoms with Crippen molar-refractivity contribution in [1.29, 1.82) is 0 Å². The van der Waals surface area contributed by atoms with E-state index in [0.29, 0.717) is 0 Å². The summed E-state index contributed by atoms with van der Waals surface area (Å²) < 4.78 is 0. The Morgan fingerprint density at radius 2 is 2.17 bits per heavy atom. The Balaban J connectivity index is 0.000000771. The third-order valence-corrected chi connectivity index (χ3v) is 2.77. The molecule has 1 aliphatic heterocycles. The number of hydrogen-bond acceptors (Lipinski definition) is 2. The molecular formula is C15H23N3. The van der Waals surface area contributed by atoms with Crippen molar-refractivity contribution in [3.63, 3.8) is 0 Å². The maximum Gasteiger partial charge on any atom is 0.137 e. The molecule has 0 amide bonds. The van der Waals surface area contributed by atoms with Gasteiger partial charge in [-0.05, 0) is 25.5 Å². The minimum atomic E-state index is 0.895. The highest BCUT2D eigenvalue weighted by Gasteiger charge is 2.12. The second kappa shape index (κ2) is 7.67. The van der Waals surface area contributed by atoms with Crippen LogP contribution in [0.2, 0.25) is 0 Å². The zero-order valence-electron chi connectivity index (χ0n) is 11.6. The first kappa shape index (κ1) is 14.5. The molecular weight excluding hydrogens is 222 g/mol. The quantitative estimate of drug-likeness (QED) is 0.782. The van der Waals surface area contributed by atoms with E-state index in [2.05, 4.69) is 27.9 Å². The summed E-state index contributed by atoms with van der Waals surface area (Å²) in [4.78, 5) is 7.49. The molecule has 3 heteroatoms. The normalized spacial score (nSPS) is 14.9. The average Bonchev–Trinajstić information content (AvgIpc) is 2.85. The van der Waals surface area contributed by atoms with Gasteiger partial charge in [-0.3, -0.25) is 0 Å². The fourth-order valence-electron chi connectivity index (χ4n) is 2.00. The summed E-state index contributed by atoms with van der Waals surface area (Å²) >= 11 is 0. The highest BCUT2D eigenvalue weighted by molar-refractivity contribution is 5.80. The van der Waals surface area contributed by atoms with Crippen molar-refractivity contribution >= 4 is 23.7 Å². The van der Waals surface area contributed by atoms with Crippen molar-refractivity contribution in [2.45, 2.75) is 27.2 Å². The lowest BCUT2D eigenvalue weighted by Gasteiger charge is -2.13. The summed E-state index contributed by atoms with van der Waals surface area (Å²) in [6.45, 7) is 11.8. The zero-order chi connectivity index (χ0) is 13.4. The van der Waals surface area contributed by atoms with Crippen LogP contribution in [0.5, 0.6) is 0 Å². The van der Waals surface area contributed by atoms with Gasteiger partial charge >= 0.3 is 0 Å². The smallest absolute Gasteiger partial charge is 0.137 e. The molecule has 0 fully saturated rings. The minimum absolute atomic E-state index is 0.895. The molecule has 0 unspecified atom stereocenters. The number of hydrogen-bond donors (Lipinski definition) is 2. The standard InChI is InChI=1S/C13H17N3.C2H6/c1-3-11-12(9-16-13(11)15-4-2)10-5-7-14-8-6-10;1-2/h3-5,9,14,16H,1,6-8H2,2H3;1-2H3/b15-4+;. The number of aliphatic imine (C=N–C) groups is 1. The Labute approximate surface area is 110 Å². The van der Waals surface area contributed by atoms with Crippen LogP contribution in [0.4, 0.5) is 5.82 Å². The molecule has 2 rings (SSSR count). The molecule has 98 valence electrons. The summed E-state index contributed by atoms with van der Waals surface area (Å²) in [5, 5.41) is 3.31. The fraction of sp³-hybridized carbons (Fsp3) is 0.400. The van der Waals surface area contributed by atoms with Gasteiger partial charge in [0.15, 0.2) is 0 Å². The maximum atomic E-state index is 4.30. The van der Waals surface area contributed by atoms with Gasteiger partial charge < -0.3 is 10.3 Å². The van der Waals surface area contributed by atoms with Crippen LogP contribution < -0.4 is 5.32 Å². The van der Waals surface area contributed by atoms with Crippen molar-refractivity contribution in [1.82, 2.24) is 10.3 Å². The van der Waals surface area contributed by atoms with Gasteiger partial charge in [0.1, 0.15) is 5.82 Å². The Morgan fingerprint density at radius 1 is 1.39 bits per heavy atom. The molecule has 0 atom stereocenters. The van der Waals surface area contributed by atoms with Gasteiger partial charge in [-0.25, -0.2) is 4.99 Å². The number of H-pyrrole nitrogens is 1. The van der Waals surface area contributed by atoms with E-state index in [1.165, 1.54) is 11.1 Å².